The summed E-state index contributed by atoms with van der Waals surface area (Å²) in [5.74, 6) is 0. The molecule has 5 aromatic carbocycles. The molecule has 2 aromatic heterocycles. The van der Waals surface area contributed by atoms with Crippen LogP contribution in [0.3, 0.4) is 0 Å². The molecular weight excluding hydrogens is 531 g/mol. The molecule has 0 saturated carbocycles. The lowest BCUT2D eigenvalue weighted by molar-refractivity contribution is 0.624. The second kappa shape index (κ2) is 7.84. The van der Waals surface area contributed by atoms with Crippen molar-refractivity contribution >= 4 is 40.0 Å². The minimum absolute atomic E-state index is 0.0578. The zero-order valence-electron chi connectivity index (χ0n) is 25.8. The minimum Gasteiger partial charge on any atom is -0.354 e. The smallest absolute Gasteiger partial charge is 0.197 e. The average Bonchev–Trinajstić information content (AvgIpc) is 3.71. The van der Waals surface area contributed by atoms with Gasteiger partial charge in [0, 0.05) is 55.2 Å². The first-order chi connectivity index (χ1) is 21.3. The highest BCUT2D eigenvalue weighted by atomic mass is 15.0. The van der Waals surface area contributed by atoms with Crippen LogP contribution < -0.4 is 10.9 Å². The van der Waals surface area contributed by atoms with Crippen molar-refractivity contribution < 1.29 is 0 Å². The highest BCUT2D eigenvalue weighted by molar-refractivity contribution is 6.73. The van der Waals surface area contributed by atoms with E-state index < -0.39 is 0 Å². The first-order valence-corrected chi connectivity index (χ1v) is 15.8. The van der Waals surface area contributed by atoms with Crippen molar-refractivity contribution in [2.24, 2.45) is 0 Å². The van der Waals surface area contributed by atoms with Gasteiger partial charge in [-0.25, -0.2) is 0 Å². The number of aromatic amines is 1. The molecule has 1 radical (unpaired) electrons. The van der Waals surface area contributed by atoms with Crippen LogP contribution in [0.1, 0.15) is 55.6 Å². The normalized spacial score (nSPS) is 15.9. The molecule has 10 rings (SSSR count). The molecule has 44 heavy (non-hydrogen) atoms. The molecule has 2 nitrogen and oxygen atoms in total. The molecule has 0 unspecified atom stereocenters. The Labute approximate surface area is 258 Å². The van der Waals surface area contributed by atoms with Gasteiger partial charge in [-0.1, -0.05) is 124 Å². The van der Waals surface area contributed by atoms with Crippen molar-refractivity contribution in [1.29, 1.82) is 0 Å². The van der Waals surface area contributed by atoms with Crippen molar-refractivity contribution in [2.75, 3.05) is 0 Å². The molecule has 0 fully saturated rings. The molecule has 7 aromatic rings. The lowest BCUT2D eigenvalue weighted by Crippen LogP contribution is -2.39. The SMILES string of the molecule is Cc1cc(-c2cccc3c4c([nH]c23)-c2ccccc2C4(C)C)c2c(c1)-n1c3c(c4cccc(c41)[B]2)-c1ccccc1C3(C)C. The number of benzene rings is 5. The Bertz CT molecular complexity index is 2430. The predicted molar refractivity (Wildman–Crippen MR) is 185 cm³/mol. The van der Waals surface area contributed by atoms with Crippen LogP contribution in [0.15, 0.2) is 97.1 Å². The quantitative estimate of drug-likeness (QED) is 0.193. The van der Waals surface area contributed by atoms with Gasteiger partial charge in [0.15, 0.2) is 7.28 Å². The Hall–Kier alpha value is -4.76. The number of hydrogen-bond donors (Lipinski definition) is 1. The molecule has 0 saturated heterocycles. The highest BCUT2D eigenvalue weighted by Gasteiger charge is 2.43. The number of fused-ring (bicyclic) bond motifs is 12. The Kier molecular flexibility index (Phi) is 4.40. The molecule has 0 spiro atoms. The van der Waals surface area contributed by atoms with E-state index in [0.29, 0.717) is 0 Å². The zero-order valence-corrected chi connectivity index (χ0v) is 25.8. The summed E-state index contributed by atoms with van der Waals surface area (Å²) in [7, 11) is 2.44. The second-order valence-electron chi connectivity index (χ2n) is 14.1. The maximum Gasteiger partial charge on any atom is 0.197 e. The Morgan fingerprint density at radius 2 is 1.34 bits per heavy atom. The first kappa shape index (κ1) is 24.7. The van der Waals surface area contributed by atoms with Crippen molar-refractivity contribution in [2.45, 2.75) is 45.4 Å². The van der Waals surface area contributed by atoms with Gasteiger partial charge < -0.3 is 9.55 Å². The van der Waals surface area contributed by atoms with Crippen LogP contribution in [0.25, 0.3) is 61.0 Å². The van der Waals surface area contributed by atoms with E-state index in [2.05, 4.69) is 149 Å². The molecule has 3 heteroatoms. The summed E-state index contributed by atoms with van der Waals surface area (Å²) in [6, 6.07) is 36.4. The van der Waals surface area contributed by atoms with E-state index in [0.717, 1.165) is 0 Å². The van der Waals surface area contributed by atoms with Crippen LogP contribution in [-0.4, -0.2) is 16.8 Å². The third kappa shape index (κ3) is 2.76. The van der Waals surface area contributed by atoms with Gasteiger partial charge in [0.1, 0.15) is 0 Å². The third-order valence-corrected chi connectivity index (χ3v) is 10.9. The maximum atomic E-state index is 3.96. The van der Waals surface area contributed by atoms with Crippen molar-refractivity contribution in [3.63, 3.8) is 0 Å². The summed E-state index contributed by atoms with van der Waals surface area (Å²) in [5.41, 5.74) is 21.1. The maximum absolute atomic E-state index is 3.96. The third-order valence-electron chi connectivity index (χ3n) is 10.9. The molecule has 3 heterocycles. The fraction of sp³-hybridized carbons (Fsp3) is 0.171. The van der Waals surface area contributed by atoms with E-state index in [1.165, 1.54) is 99.9 Å². The van der Waals surface area contributed by atoms with Gasteiger partial charge in [-0.05, 0) is 51.8 Å². The number of H-pyrrole nitrogens is 1. The number of nitrogens with zero attached hydrogens (tertiary/aromatic N) is 1. The van der Waals surface area contributed by atoms with Gasteiger partial charge in [-0.2, -0.15) is 0 Å². The summed E-state index contributed by atoms with van der Waals surface area (Å²) in [6.07, 6.45) is 0. The van der Waals surface area contributed by atoms with E-state index in [9.17, 15) is 0 Å². The predicted octanol–water partition coefficient (Wildman–Crippen LogP) is 8.67. The molecule has 0 amide bonds. The van der Waals surface area contributed by atoms with Gasteiger partial charge in [0.25, 0.3) is 0 Å². The summed E-state index contributed by atoms with van der Waals surface area (Å²) >= 11 is 0. The van der Waals surface area contributed by atoms with E-state index >= 15 is 0 Å². The van der Waals surface area contributed by atoms with Gasteiger partial charge in [0.05, 0.1) is 11.2 Å². The standard InChI is InChI=1S/C41H32BN2/c1-22-20-28(23-14-10-16-27-34-37(43-36(23)27)25-13-7-9-18-30(25)40(34,2)3)35-32(21-22)44-38-26(15-11-19-31(38)42-35)33-24-12-6-8-17-29(24)41(4,5)39(33)44/h6-21,43H,1-5H3. The average molecular weight is 564 g/mol. The molecule has 209 valence electrons. The van der Waals surface area contributed by atoms with Gasteiger partial charge in [-0.3, -0.25) is 0 Å². The fourth-order valence-electron chi connectivity index (χ4n) is 9.13. The molecule has 1 N–H and O–H groups in total. The fourth-order valence-corrected chi connectivity index (χ4v) is 9.13. The highest BCUT2D eigenvalue weighted by Crippen LogP contribution is 2.54. The molecule has 0 atom stereocenters. The van der Waals surface area contributed by atoms with Crippen molar-refractivity contribution in [3.8, 4) is 39.2 Å². The number of aromatic nitrogens is 2. The number of para-hydroxylation sites is 2. The number of nitrogens with one attached hydrogen (secondary N) is 1. The first-order valence-electron chi connectivity index (χ1n) is 15.8. The van der Waals surface area contributed by atoms with Gasteiger partial charge >= 0.3 is 0 Å². The molecular formula is C41H32BN2. The van der Waals surface area contributed by atoms with Gasteiger partial charge in [-0.15, -0.1) is 0 Å². The zero-order chi connectivity index (χ0) is 29.7. The van der Waals surface area contributed by atoms with Crippen LogP contribution in [-0.2, 0) is 10.8 Å². The Morgan fingerprint density at radius 3 is 2.16 bits per heavy atom. The largest absolute Gasteiger partial charge is 0.354 e. The van der Waals surface area contributed by atoms with E-state index in [1.54, 1.807) is 0 Å². The van der Waals surface area contributed by atoms with Gasteiger partial charge in [0.2, 0.25) is 0 Å². The molecule has 3 aliphatic rings. The summed E-state index contributed by atoms with van der Waals surface area (Å²) in [4.78, 5) is 3.96. The molecule has 1 aliphatic heterocycles. The Morgan fingerprint density at radius 1 is 0.659 bits per heavy atom. The number of aryl methyl sites for hydroxylation is 1. The van der Waals surface area contributed by atoms with E-state index in [-0.39, 0.29) is 10.8 Å². The summed E-state index contributed by atoms with van der Waals surface area (Å²) in [6.45, 7) is 11.8. The van der Waals surface area contributed by atoms with E-state index in [1.807, 2.05) is 0 Å². The second-order valence-corrected chi connectivity index (χ2v) is 14.1. The van der Waals surface area contributed by atoms with E-state index in [4.69, 9.17) is 0 Å². The molecule has 0 bridgehead atoms. The Balaban J connectivity index is 1.28. The number of hydrogen-bond acceptors (Lipinski definition) is 0. The van der Waals surface area contributed by atoms with Crippen LogP contribution in [0.4, 0.5) is 0 Å². The minimum atomic E-state index is -0.111. The summed E-state index contributed by atoms with van der Waals surface area (Å²) < 4.78 is 2.61. The van der Waals surface area contributed by atoms with Crippen LogP contribution in [0.2, 0.25) is 0 Å². The van der Waals surface area contributed by atoms with Crippen molar-refractivity contribution in [1.82, 2.24) is 9.55 Å². The van der Waals surface area contributed by atoms with Crippen LogP contribution >= 0.6 is 0 Å². The number of rotatable bonds is 1. The lowest BCUT2D eigenvalue weighted by Gasteiger charge is -2.30. The lowest BCUT2D eigenvalue weighted by atomic mass is 9.59. The van der Waals surface area contributed by atoms with Crippen molar-refractivity contribution in [3.05, 3.63) is 125 Å². The molecule has 2 aliphatic carbocycles. The van der Waals surface area contributed by atoms with Crippen LogP contribution in [0, 0.1) is 6.92 Å². The topological polar surface area (TPSA) is 20.7 Å². The summed E-state index contributed by atoms with van der Waals surface area (Å²) in [5, 5.41) is 2.68. The van der Waals surface area contributed by atoms with Crippen LogP contribution in [0.5, 0.6) is 0 Å². The monoisotopic (exact) mass is 563 g/mol.